The number of nitrogens with one attached hydrogen (secondary N) is 1. The van der Waals surface area contributed by atoms with E-state index in [0.717, 1.165) is 11.3 Å². The Hall–Kier alpha value is -3.20. The second-order valence-corrected chi connectivity index (χ2v) is 10.5. The number of hydrogen-bond donors (Lipinski definition) is 4. The van der Waals surface area contributed by atoms with E-state index in [1.807, 2.05) is 35.2 Å². The maximum Gasteiger partial charge on any atom is 0.352 e. The number of hydrogen-bond acceptors (Lipinski definition) is 10. The Morgan fingerprint density at radius 3 is 2.75 bits per heavy atom. The number of β-lactam (4-membered cyclic amide) rings is 1. The maximum absolute atomic E-state index is 13.1. The number of thiazole rings is 1. The summed E-state index contributed by atoms with van der Waals surface area (Å²) in [7, 11) is 0. The molecule has 2 aliphatic rings. The molecule has 1 saturated heterocycles. The third-order valence-electron chi connectivity index (χ3n) is 5.32. The fourth-order valence-corrected chi connectivity index (χ4v) is 5.95. The second kappa shape index (κ2) is 11.2. The van der Waals surface area contributed by atoms with Crippen LogP contribution >= 0.6 is 34.7 Å². The van der Waals surface area contributed by atoms with E-state index < -0.39 is 29.2 Å². The molecule has 0 unspecified atom stereocenters. The average Bonchev–Trinajstić information content (AvgIpc) is 3.19. The van der Waals surface area contributed by atoms with Gasteiger partial charge in [-0.3, -0.25) is 14.5 Å². The quantitative estimate of drug-likeness (QED) is 0.105. The Bertz CT molecular complexity index is 1240. The predicted octanol–water partition coefficient (Wildman–Crippen LogP) is 0.175. The molecule has 2 aliphatic heterocycles. The van der Waals surface area contributed by atoms with Crippen LogP contribution in [0.5, 0.6) is 0 Å². The van der Waals surface area contributed by atoms with Gasteiger partial charge < -0.3 is 26.7 Å². The monoisotopic (exact) mass is 552 g/mol. The highest BCUT2D eigenvalue weighted by molar-refractivity contribution is 8.00. The zero-order chi connectivity index (χ0) is 25.8. The van der Waals surface area contributed by atoms with Crippen LogP contribution in [0, 0.1) is 0 Å². The lowest BCUT2D eigenvalue weighted by atomic mass is 10.0. The normalized spacial score (nSPS) is 19.6. The van der Waals surface area contributed by atoms with Gasteiger partial charge in [0.25, 0.3) is 11.8 Å². The molecule has 15 heteroatoms. The van der Waals surface area contributed by atoms with Crippen molar-refractivity contribution in [2.75, 3.05) is 24.6 Å². The number of thioether (sulfide) groups is 1. The number of rotatable bonds is 10. The number of carbonyl (C=O) groups is 3. The molecule has 0 aliphatic carbocycles. The molecule has 190 valence electrons. The Morgan fingerprint density at radius 2 is 2.11 bits per heavy atom. The smallest absolute Gasteiger partial charge is 0.352 e. The van der Waals surface area contributed by atoms with Crippen LogP contribution in [-0.2, 0) is 25.8 Å². The number of carbonyl (C=O) groups excluding carboxylic acids is 2. The number of carboxylic acid groups (broad SMARTS) is 1. The SMILES string of the molecule is NCCCON=C(C(=O)N[C@@H]1C(=O)N2C(C(=O)O)=C(C[n+]3ccccc3)CS[C@H]12)c1nc(N)sc1Cl. The summed E-state index contributed by atoms with van der Waals surface area (Å²) in [6, 6.07) is 4.56. The highest BCUT2D eigenvalue weighted by atomic mass is 35.5. The summed E-state index contributed by atoms with van der Waals surface area (Å²) < 4.78 is 1.97. The number of nitrogens with two attached hydrogens (primary N) is 2. The van der Waals surface area contributed by atoms with Crippen LogP contribution in [0.3, 0.4) is 0 Å². The summed E-state index contributed by atoms with van der Waals surface area (Å²) in [4.78, 5) is 48.7. The summed E-state index contributed by atoms with van der Waals surface area (Å²) in [6.07, 6.45) is 4.14. The molecular weight excluding hydrogens is 530 g/mol. The predicted molar refractivity (Wildman–Crippen MR) is 134 cm³/mol. The highest BCUT2D eigenvalue weighted by Crippen LogP contribution is 2.40. The second-order valence-electron chi connectivity index (χ2n) is 7.76. The Morgan fingerprint density at radius 1 is 1.36 bits per heavy atom. The molecule has 2 aromatic heterocycles. The van der Waals surface area contributed by atoms with Gasteiger partial charge in [-0.05, 0) is 13.0 Å². The lowest BCUT2D eigenvalue weighted by Crippen LogP contribution is -2.71. The zero-order valence-corrected chi connectivity index (χ0v) is 21.2. The number of nitrogen functional groups attached to an aromatic ring is 1. The number of aliphatic carboxylic acids is 1. The Labute approximate surface area is 218 Å². The molecule has 2 aromatic rings. The van der Waals surface area contributed by atoms with Gasteiger partial charge in [-0.15, -0.1) is 11.8 Å². The molecule has 6 N–H and O–H groups in total. The first-order valence-corrected chi connectivity index (χ1v) is 13.0. The molecule has 0 spiro atoms. The van der Waals surface area contributed by atoms with Crippen molar-refractivity contribution in [3.63, 3.8) is 0 Å². The number of oxime groups is 1. The topological polar surface area (TPSA) is 177 Å². The zero-order valence-electron chi connectivity index (χ0n) is 18.8. The third kappa shape index (κ3) is 5.31. The lowest BCUT2D eigenvalue weighted by Gasteiger charge is -2.49. The fraction of sp³-hybridized carbons (Fsp3) is 0.333. The number of aromatic nitrogens is 2. The Balaban J connectivity index is 1.53. The average molecular weight is 553 g/mol. The summed E-state index contributed by atoms with van der Waals surface area (Å²) in [5.41, 5.74) is 11.5. The van der Waals surface area contributed by atoms with E-state index in [0.29, 0.717) is 30.8 Å². The summed E-state index contributed by atoms with van der Waals surface area (Å²) in [5, 5.41) is 15.9. The van der Waals surface area contributed by atoms with Gasteiger partial charge in [0.1, 0.15) is 33.7 Å². The van der Waals surface area contributed by atoms with E-state index in [-0.39, 0.29) is 33.2 Å². The van der Waals surface area contributed by atoms with Crippen molar-refractivity contribution in [2.24, 2.45) is 10.9 Å². The van der Waals surface area contributed by atoms with Crippen molar-refractivity contribution in [1.29, 1.82) is 0 Å². The van der Waals surface area contributed by atoms with E-state index in [1.165, 1.54) is 16.7 Å². The molecule has 4 heterocycles. The summed E-state index contributed by atoms with van der Waals surface area (Å²) >= 11 is 8.50. The molecule has 0 bridgehead atoms. The first-order valence-electron chi connectivity index (χ1n) is 10.8. The van der Waals surface area contributed by atoms with Gasteiger partial charge in [-0.25, -0.2) is 14.3 Å². The van der Waals surface area contributed by atoms with E-state index >= 15 is 0 Å². The number of pyridine rings is 1. The van der Waals surface area contributed by atoms with Crippen molar-refractivity contribution in [2.45, 2.75) is 24.4 Å². The van der Waals surface area contributed by atoms with Crippen molar-refractivity contribution >= 4 is 63.3 Å². The minimum absolute atomic E-state index is 0.0256. The molecule has 36 heavy (non-hydrogen) atoms. The van der Waals surface area contributed by atoms with Crippen molar-refractivity contribution < 1.29 is 28.9 Å². The van der Waals surface area contributed by atoms with Gasteiger partial charge in [0.05, 0.1) is 0 Å². The lowest BCUT2D eigenvalue weighted by molar-refractivity contribution is -0.689. The number of anilines is 1. The largest absolute Gasteiger partial charge is 0.477 e. The van der Waals surface area contributed by atoms with Gasteiger partial charge in [0.15, 0.2) is 29.8 Å². The van der Waals surface area contributed by atoms with Gasteiger partial charge in [0.2, 0.25) is 0 Å². The van der Waals surface area contributed by atoms with Crippen LogP contribution in [0.15, 0.2) is 47.0 Å². The number of amides is 2. The van der Waals surface area contributed by atoms with Crippen molar-refractivity contribution in [3.05, 3.63) is 51.9 Å². The van der Waals surface area contributed by atoms with Gasteiger partial charge in [-0.2, -0.15) is 0 Å². The van der Waals surface area contributed by atoms with Crippen molar-refractivity contribution in [3.8, 4) is 0 Å². The first-order chi connectivity index (χ1) is 17.3. The van der Waals surface area contributed by atoms with E-state index in [4.69, 9.17) is 27.9 Å². The highest BCUT2D eigenvalue weighted by Gasteiger charge is 2.54. The molecule has 0 aromatic carbocycles. The van der Waals surface area contributed by atoms with Crippen LogP contribution in [0.4, 0.5) is 5.13 Å². The summed E-state index contributed by atoms with van der Waals surface area (Å²) in [6.45, 7) is 0.856. The van der Waals surface area contributed by atoms with Gasteiger partial charge in [0, 0.05) is 23.5 Å². The number of nitrogens with zero attached hydrogens (tertiary/aromatic N) is 4. The molecule has 12 nitrogen and oxygen atoms in total. The number of carboxylic acids is 1. The molecule has 0 radical (unpaired) electrons. The third-order valence-corrected chi connectivity index (χ3v) is 7.75. The van der Waals surface area contributed by atoms with Crippen LogP contribution in [-0.4, -0.2) is 68.8 Å². The number of halogens is 1. The summed E-state index contributed by atoms with van der Waals surface area (Å²) in [5.74, 6) is -2.12. The van der Waals surface area contributed by atoms with Gasteiger partial charge in [-0.1, -0.05) is 34.2 Å². The van der Waals surface area contributed by atoms with Crippen LogP contribution < -0.4 is 21.4 Å². The standard InChI is InChI=1S/C21H22ClN7O5S2/c22-16-12(26-21(24)36-16)13(27-34-8-4-5-23)17(30)25-14-18(31)29-15(20(32)33)11(10-35-19(14)29)9-28-6-2-1-3-7-28/h1-3,6-7,14,19H,4-5,8-10,23H2,(H3-,24,25,26,30,32,33)/p+1/t14-,19-/m1/s1. The van der Waals surface area contributed by atoms with Gasteiger partial charge >= 0.3 is 5.97 Å². The minimum atomic E-state index is -1.20. The number of fused-ring (bicyclic) bond motifs is 1. The molecular formula is C21H23ClN7O5S2+. The van der Waals surface area contributed by atoms with Crippen molar-refractivity contribution in [1.82, 2.24) is 15.2 Å². The van der Waals surface area contributed by atoms with E-state index in [9.17, 15) is 19.5 Å². The molecule has 4 rings (SSSR count). The fourth-order valence-electron chi connectivity index (χ4n) is 3.69. The van der Waals surface area contributed by atoms with E-state index in [2.05, 4.69) is 15.5 Å². The van der Waals surface area contributed by atoms with E-state index in [1.54, 1.807) is 0 Å². The molecule has 0 saturated carbocycles. The van der Waals surface area contributed by atoms with Crippen LogP contribution in [0.1, 0.15) is 12.1 Å². The molecule has 1 fully saturated rings. The van der Waals surface area contributed by atoms with Crippen LogP contribution in [0.25, 0.3) is 0 Å². The first kappa shape index (κ1) is 25.9. The Kier molecular flexibility index (Phi) is 8.08. The maximum atomic E-state index is 13.1. The van der Waals surface area contributed by atoms with Crippen LogP contribution in [0.2, 0.25) is 4.34 Å². The molecule has 2 amide bonds. The minimum Gasteiger partial charge on any atom is -0.477 e. The molecule has 2 atom stereocenters.